The number of phosphoric ester groups is 1. The third-order valence-corrected chi connectivity index (χ3v) is 16.3. The quantitative estimate of drug-likeness (QED) is 0.0212. The van der Waals surface area contributed by atoms with E-state index in [0.29, 0.717) is 17.4 Å². The molecule has 10 heteroatoms. The Morgan fingerprint density at radius 2 is 0.735 bits per heavy atom. The van der Waals surface area contributed by atoms with Crippen molar-refractivity contribution < 1.29 is 37.3 Å². The number of amides is 1. The number of carbonyl (C=O) groups excluding carboxylic acids is 2. The van der Waals surface area contributed by atoms with Crippen LogP contribution in [-0.4, -0.2) is 69.4 Å². The van der Waals surface area contributed by atoms with Crippen LogP contribution in [0.5, 0.6) is 0 Å². The molecule has 0 aliphatic rings. The number of unbranched alkanes of at least 4 members (excludes halogenated alkanes) is 35. The van der Waals surface area contributed by atoms with Gasteiger partial charge < -0.3 is 28.5 Å². The molecule has 0 rings (SSSR count). The van der Waals surface area contributed by atoms with Gasteiger partial charge in [0, 0.05) is 12.8 Å². The number of allylic oxidation sites excluding steroid dienone is 13. The number of phosphoric acid groups is 1. The predicted molar refractivity (Wildman–Crippen MR) is 358 cm³/mol. The zero-order valence-corrected chi connectivity index (χ0v) is 56.0. The molecular formula is C73H133N2O7P. The Bertz CT molecular complexity index is 1700. The average Bonchev–Trinajstić information content (AvgIpc) is 3.51. The van der Waals surface area contributed by atoms with Crippen molar-refractivity contribution in [2.45, 2.75) is 328 Å². The normalized spacial score (nSPS) is 14.1. The predicted octanol–water partition coefficient (Wildman–Crippen LogP) is 21.5. The molecule has 0 saturated carbocycles. The maximum atomic E-state index is 13.6. The van der Waals surface area contributed by atoms with Crippen LogP contribution >= 0.6 is 7.82 Å². The highest BCUT2D eigenvalue weighted by Gasteiger charge is 2.27. The van der Waals surface area contributed by atoms with Crippen molar-refractivity contribution in [1.82, 2.24) is 5.32 Å². The zero-order valence-electron chi connectivity index (χ0n) is 55.1. The molecule has 0 spiro atoms. The molecule has 1 N–H and O–H groups in total. The number of quaternary nitrogens is 1. The van der Waals surface area contributed by atoms with Crippen molar-refractivity contribution in [3.05, 3.63) is 85.1 Å². The minimum Gasteiger partial charge on any atom is -0.756 e. The third kappa shape index (κ3) is 63.5. The van der Waals surface area contributed by atoms with E-state index in [1.165, 1.54) is 180 Å². The molecule has 0 saturated heterocycles. The molecule has 0 aliphatic heterocycles. The van der Waals surface area contributed by atoms with Gasteiger partial charge in [-0.15, -0.1) is 0 Å². The Kier molecular flexibility index (Phi) is 60.1. The van der Waals surface area contributed by atoms with E-state index in [9.17, 15) is 19.0 Å². The van der Waals surface area contributed by atoms with Crippen molar-refractivity contribution >= 4 is 19.7 Å². The van der Waals surface area contributed by atoms with Gasteiger partial charge in [0.05, 0.1) is 33.8 Å². The van der Waals surface area contributed by atoms with Crippen molar-refractivity contribution in [2.24, 2.45) is 0 Å². The maximum absolute atomic E-state index is 13.6. The molecule has 3 atom stereocenters. The number of ether oxygens (including phenoxy) is 1. The van der Waals surface area contributed by atoms with Crippen LogP contribution in [0.3, 0.4) is 0 Å². The van der Waals surface area contributed by atoms with E-state index >= 15 is 0 Å². The first kappa shape index (κ1) is 80.2. The molecular weight excluding hydrogens is 1050 g/mol. The van der Waals surface area contributed by atoms with E-state index in [0.717, 1.165) is 103 Å². The lowest BCUT2D eigenvalue weighted by Gasteiger charge is -2.30. The number of esters is 1. The lowest BCUT2D eigenvalue weighted by Crippen LogP contribution is -2.47. The lowest BCUT2D eigenvalue weighted by atomic mass is 10.0. The Morgan fingerprint density at radius 3 is 1.12 bits per heavy atom. The van der Waals surface area contributed by atoms with Gasteiger partial charge in [0.1, 0.15) is 19.3 Å². The fourth-order valence-corrected chi connectivity index (χ4v) is 10.6. The third-order valence-electron chi connectivity index (χ3n) is 15.3. The standard InChI is InChI=1S/C73H133N2O7P/c1-7-10-13-16-19-22-25-27-29-31-33-34-35-36-37-38-39-40-42-43-45-47-50-53-56-59-62-65-72(76)74-70(69-81-83(78,79)80-68-67-75(4,5)6)71(64-61-58-55-52-49-24-21-18-15-12-9-3)82-73(77)66-63-60-57-54-51-48-46-44-41-32-30-28-26-23-20-17-14-11-8-2/h19-20,22-23,27-30,33-34,36-37,61,64,70-71H,7-18,21,24-26,31-32,35,38-60,62-63,65-69H2,1-6H3,(H-,74,76,78,79)/b22-19-,23-20-,29-27-,30-28-,34-33-,37-36-,64-61-. The van der Waals surface area contributed by atoms with Crippen molar-refractivity contribution in [3.63, 3.8) is 0 Å². The minimum absolute atomic E-state index is 0.0260. The molecule has 0 bridgehead atoms. The fraction of sp³-hybridized carbons (Fsp3) is 0.781. The van der Waals surface area contributed by atoms with Gasteiger partial charge in [-0.3, -0.25) is 14.2 Å². The van der Waals surface area contributed by atoms with Gasteiger partial charge in [0.2, 0.25) is 5.91 Å². The van der Waals surface area contributed by atoms with Crippen LogP contribution in [-0.2, 0) is 27.9 Å². The monoisotopic (exact) mass is 1180 g/mol. The molecule has 83 heavy (non-hydrogen) atoms. The molecule has 3 unspecified atom stereocenters. The second kappa shape index (κ2) is 62.2. The molecule has 0 aromatic carbocycles. The molecule has 0 aromatic rings. The summed E-state index contributed by atoms with van der Waals surface area (Å²) in [5.74, 6) is -0.545. The van der Waals surface area contributed by atoms with Crippen LogP contribution in [0, 0.1) is 0 Å². The second-order valence-electron chi connectivity index (χ2n) is 24.7. The van der Waals surface area contributed by atoms with Crippen molar-refractivity contribution in [3.8, 4) is 0 Å². The van der Waals surface area contributed by atoms with Gasteiger partial charge in [-0.1, -0.05) is 280 Å². The van der Waals surface area contributed by atoms with E-state index in [1.807, 2.05) is 33.3 Å². The van der Waals surface area contributed by atoms with Crippen LogP contribution < -0.4 is 10.2 Å². The molecule has 0 aromatic heterocycles. The first-order valence-electron chi connectivity index (χ1n) is 34.9. The summed E-state index contributed by atoms with van der Waals surface area (Å²) >= 11 is 0. The SMILES string of the molecule is CCCCC/C=C\C/C=C\C/C=C\C/C=C\CCCCCCCCCCCCCC(=O)NC(COP(=O)([O-])OCC[N+](C)(C)C)C(/C=C\CCCCCCCCCCC)OC(=O)CCCCCCCCCCC/C=C\C/C=C\CCCCC. The van der Waals surface area contributed by atoms with E-state index in [-0.39, 0.29) is 24.9 Å². The Hall–Kier alpha value is -2.81. The summed E-state index contributed by atoms with van der Waals surface area (Å²) in [6, 6.07) is -0.896. The van der Waals surface area contributed by atoms with Gasteiger partial charge in [0.15, 0.2) is 0 Å². The summed E-state index contributed by atoms with van der Waals surface area (Å²) < 4.78 is 30.4. The van der Waals surface area contributed by atoms with Crippen LogP contribution in [0.1, 0.15) is 316 Å². The number of hydrogen-bond donors (Lipinski definition) is 1. The van der Waals surface area contributed by atoms with E-state index in [2.05, 4.69) is 99.0 Å². The number of hydrogen-bond acceptors (Lipinski definition) is 7. The summed E-state index contributed by atoms with van der Waals surface area (Å²) in [5, 5.41) is 3.04. The second-order valence-corrected chi connectivity index (χ2v) is 26.1. The Morgan fingerprint density at radius 1 is 0.422 bits per heavy atom. The summed E-state index contributed by atoms with van der Waals surface area (Å²) in [6.07, 6.45) is 82.7. The van der Waals surface area contributed by atoms with Crippen LogP contribution in [0.4, 0.5) is 0 Å². The number of nitrogens with one attached hydrogen (secondary N) is 1. The number of rotatable bonds is 63. The van der Waals surface area contributed by atoms with Crippen LogP contribution in [0.2, 0.25) is 0 Å². The van der Waals surface area contributed by atoms with E-state index in [1.54, 1.807) is 0 Å². The molecule has 0 fully saturated rings. The van der Waals surface area contributed by atoms with Crippen LogP contribution in [0.25, 0.3) is 0 Å². The highest BCUT2D eigenvalue weighted by molar-refractivity contribution is 7.45. The van der Waals surface area contributed by atoms with Gasteiger partial charge >= 0.3 is 5.97 Å². The number of carbonyl (C=O) groups is 2. The number of nitrogens with zero attached hydrogens (tertiary/aromatic N) is 1. The Labute approximate surface area is 514 Å². The fourth-order valence-electron chi connectivity index (χ4n) is 9.89. The minimum atomic E-state index is -4.71. The van der Waals surface area contributed by atoms with E-state index < -0.39 is 26.6 Å². The van der Waals surface area contributed by atoms with E-state index in [4.69, 9.17) is 13.8 Å². The average molecular weight is 1180 g/mol. The summed E-state index contributed by atoms with van der Waals surface area (Å²) in [4.78, 5) is 40.1. The van der Waals surface area contributed by atoms with Crippen molar-refractivity contribution in [1.29, 1.82) is 0 Å². The maximum Gasteiger partial charge on any atom is 0.306 e. The highest BCUT2D eigenvalue weighted by atomic mass is 31.2. The summed E-state index contributed by atoms with van der Waals surface area (Å²) in [7, 11) is 1.18. The molecule has 9 nitrogen and oxygen atoms in total. The molecule has 482 valence electrons. The highest BCUT2D eigenvalue weighted by Crippen LogP contribution is 2.38. The topological polar surface area (TPSA) is 114 Å². The van der Waals surface area contributed by atoms with Gasteiger partial charge in [-0.2, -0.15) is 0 Å². The molecule has 1 amide bonds. The molecule has 0 radical (unpaired) electrons. The zero-order chi connectivity index (χ0) is 60.7. The molecule has 0 aliphatic carbocycles. The van der Waals surface area contributed by atoms with Gasteiger partial charge in [-0.05, 0) is 109 Å². The Balaban J connectivity index is 5.04. The number of likely N-dealkylation sites (N-methyl/N-ethyl adjacent to an activating group) is 1. The van der Waals surface area contributed by atoms with Gasteiger partial charge in [0.25, 0.3) is 7.82 Å². The van der Waals surface area contributed by atoms with Gasteiger partial charge in [-0.25, -0.2) is 0 Å². The summed E-state index contributed by atoms with van der Waals surface area (Å²) in [5.41, 5.74) is 0. The van der Waals surface area contributed by atoms with Crippen molar-refractivity contribution in [2.75, 3.05) is 40.9 Å². The first-order chi connectivity index (χ1) is 40.4. The van der Waals surface area contributed by atoms with Crippen LogP contribution in [0.15, 0.2) is 85.1 Å². The summed E-state index contributed by atoms with van der Waals surface area (Å²) in [6.45, 7) is 6.80. The largest absolute Gasteiger partial charge is 0.756 e. The smallest absolute Gasteiger partial charge is 0.306 e. The molecule has 0 heterocycles. The first-order valence-corrected chi connectivity index (χ1v) is 36.4. The lowest BCUT2D eigenvalue weighted by molar-refractivity contribution is -0.870.